The van der Waals surface area contributed by atoms with Gasteiger partial charge >= 0.3 is 0 Å². The molecular weight excluding hydrogens is 859 g/mol. The number of hydrogen-bond acceptors (Lipinski definition) is 3. The first-order chi connectivity index (χ1) is 34.4. The molecule has 0 spiro atoms. The van der Waals surface area contributed by atoms with E-state index in [9.17, 15) is 0 Å². The lowest BCUT2D eigenvalue weighted by molar-refractivity contribution is 0.778. The molecule has 0 aromatic heterocycles. The lowest BCUT2D eigenvalue weighted by Gasteiger charge is -2.34. The molecule has 0 bridgehead atoms. The van der Waals surface area contributed by atoms with E-state index in [-0.39, 0.29) is 6.04 Å². The van der Waals surface area contributed by atoms with Crippen molar-refractivity contribution in [3.05, 3.63) is 288 Å². The van der Waals surface area contributed by atoms with Gasteiger partial charge in [0.25, 0.3) is 0 Å². The Labute approximate surface area is 426 Å². The standard InChI is InChI=1S/C39H38N2.C22H25N.C7H8/c1-29-15-17-32(18-16-29)33-19-21-35(22-20-33)40(34-11-5-4-6-12-34)36-23-25-37(26-24-36)41(38-13-7-9-30(2)27-38)39-14-8-10-31(3)28-39;1-6-8-21(15-17(2)3)23(20-13-11-18(4)12-14-20)22-10-7-9-19(5)16-22;1-7-5-3-2-4-6-7/h5,7-13,15-28,39H,4,6,14H2,1-3H3;6-16H,1H2,2-5H3;2-6H,1H3/b;21-8+;. The molecule has 0 N–H and O–H groups in total. The molecule has 0 amide bonds. The van der Waals surface area contributed by atoms with Gasteiger partial charge in [0, 0.05) is 45.5 Å². The smallest absolute Gasteiger partial charge is 0.0562 e. The van der Waals surface area contributed by atoms with Gasteiger partial charge < -0.3 is 14.7 Å². The highest BCUT2D eigenvalue weighted by atomic mass is 15.2. The van der Waals surface area contributed by atoms with Gasteiger partial charge in [-0.3, -0.25) is 0 Å². The van der Waals surface area contributed by atoms with Crippen LogP contribution in [0.5, 0.6) is 0 Å². The van der Waals surface area contributed by atoms with Crippen LogP contribution in [0.4, 0.5) is 34.1 Å². The van der Waals surface area contributed by atoms with Crippen molar-refractivity contribution in [3.8, 4) is 11.1 Å². The molecule has 3 nitrogen and oxygen atoms in total. The molecule has 2 aliphatic carbocycles. The number of allylic oxidation sites excluding steroid dienone is 9. The van der Waals surface area contributed by atoms with Gasteiger partial charge in [-0.25, -0.2) is 0 Å². The first kappa shape index (κ1) is 51.0. The summed E-state index contributed by atoms with van der Waals surface area (Å²) in [5, 5.41) is 0. The average Bonchev–Trinajstić information content (AvgIpc) is 3.37. The summed E-state index contributed by atoms with van der Waals surface area (Å²) in [5.74, 6) is 0. The van der Waals surface area contributed by atoms with E-state index >= 15 is 0 Å². The molecule has 0 saturated carbocycles. The minimum absolute atomic E-state index is 0.280. The van der Waals surface area contributed by atoms with Gasteiger partial charge in [0.05, 0.1) is 6.04 Å². The van der Waals surface area contributed by atoms with Crippen molar-refractivity contribution in [3.63, 3.8) is 0 Å². The van der Waals surface area contributed by atoms with Crippen LogP contribution in [0.15, 0.2) is 260 Å². The highest BCUT2D eigenvalue weighted by Crippen LogP contribution is 2.38. The van der Waals surface area contributed by atoms with E-state index < -0.39 is 0 Å². The Bertz CT molecular complexity index is 3010. The molecular formula is C68H71N3. The van der Waals surface area contributed by atoms with Crippen LogP contribution in [0, 0.1) is 34.6 Å². The Hall–Kier alpha value is -7.88. The molecule has 0 aliphatic heterocycles. The van der Waals surface area contributed by atoms with Crippen LogP contribution in [0.3, 0.4) is 0 Å². The SMILES string of the molecule is C=C/C=C(\C=C(C)C)N(c1ccc(C)cc1)c1cccc(C)c1.CC1=CC(N(c2ccc(N(C3=CCCC=C3)c3ccc(-c4ccc(C)cc4)cc3)cc2)c2cccc(C)c2)CC=C1.Cc1ccccc1. The van der Waals surface area contributed by atoms with Gasteiger partial charge in [0.15, 0.2) is 0 Å². The van der Waals surface area contributed by atoms with E-state index in [0.717, 1.165) is 47.7 Å². The van der Waals surface area contributed by atoms with Crippen molar-refractivity contribution in [2.75, 3.05) is 14.7 Å². The Morgan fingerprint density at radius 1 is 0.493 bits per heavy atom. The maximum atomic E-state index is 3.88. The van der Waals surface area contributed by atoms with Crippen LogP contribution in [0.25, 0.3) is 11.1 Å². The molecule has 2 aliphatic rings. The lowest BCUT2D eigenvalue weighted by atomic mass is 10.00. The summed E-state index contributed by atoms with van der Waals surface area (Å²) >= 11 is 0. The Balaban J connectivity index is 0.000000206. The van der Waals surface area contributed by atoms with Crippen LogP contribution in [-0.4, -0.2) is 6.04 Å². The van der Waals surface area contributed by atoms with Gasteiger partial charge in [-0.15, -0.1) is 0 Å². The number of aryl methyl sites for hydroxylation is 5. The fourth-order valence-corrected chi connectivity index (χ4v) is 8.88. The molecule has 71 heavy (non-hydrogen) atoms. The maximum Gasteiger partial charge on any atom is 0.0562 e. The molecule has 9 rings (SSSR count). The number of benzene rings is 7. The van der Waals surface area contributed by atoms with E-state index in [1.165, 1.54) is 67.2 Å². The molecule has 0 heterocycles. The third-order valence-electron chi connectivity index (χ3n) is 12.4. The van der Waals surface area contributed by atoms with Crippen molar-refractivity contribution in [1.29, 1.82) is 0 Å². The zero-order valence-electron chi connectivity index (χ0n) is 43.2. The molecule has 3 heteroatoms. The van der Waals surface area contributed by atoms with E-state index in [1.807, 2.05) is 24.3 Å². The van der Waals surface area contributed by atoms with Crippen molar-refractivity contribution in [2.24, 2.45) is 0 Å². The van der Waals surface area contributed by atoms with Crippen molar-refractivity contribution >= 4 is 34.1 Å². The fraction of sp³-hybridized carbons (Fsp3) is 0.176. The highest BCUT2D eigenvalue weighted by Gasteiger charge is 2.22. The number of hydrogen-bond donors (Lipinski definition) is 0. The first-order valence-electron chi connectivity index (χ1n) is 25.0. The second-order valence-corrected chi connectivity index (χ2v) is 18.9. The summed E-state index contributed by atoms with van der Waals surface area (Å²) < 4.78 is 0. The van der Waals surface area contributed by atoms with Gasteiger partial charge in [-0.1, -0.05) is 174 Å². The lowest BCUT2D eigenvalue weighted by Crippen LogP contribution is -2.30. The second kappa shape index (κ2) is 25.1. The van der Waals surface area contributed by atoms with Crippen molar-refractivity contribution in [1.82, 2.24) is 0 Å². The quantitative estimate of drug-likeness (QED) is 0.113. The predicted octanol–water partition coefficient (Wildman–Crippen LogP) is 19.2. The molecule has 0 fully saturated rings. The minimum Gasteiger partial charge on any atom is -0.334 e. The highest BCUT2D eigenvalue weighted by molar-refractivity contribution is 5.77. The van der Waals surface area contributed by atoms with Crippen LogP contribution in [0.1, 0.15) is 67.9 Å². The molecule has 358 valence electrons. The summed E-state index contributed by atoms with van der Waals surface area (Å²) in [6.45, 7) is 20.9. The van der Waals surface area contributed by atoms with Crippen molar-refractivity contribution < 1.29 is 0 Å². The largest absolute Gasteiger partial charge is 0.334 e. The Morgan fingerprint density at radius 3 is 1.55 bits per heavy atom. The van der Waals surface area contributed by atoms with E-state index in [1.54, 1.807) is 0 Å². The maximum absolute atomic E-state index is 3.88. The Morgan fingerprint density at radius 2 is 1.01 bits per heavy atom. The fourth-order valence-electron chi connectivity index (χ4n) is 8.88. The van der Waals surface area contributed by atoms with E-state index in [4.69, 9.17) is 0 Å². The van der Waals surface area contributed by atoms with Crippen LogP contribution >= 0.6 is 0 Å². The Kier molecular flexibility index (Phi) is 18.0. The molecule has 7 aromatic rings. The molecule has 1 atom stereocenters. The van der Waals surface area contributed by atoms with Crippen LogP contribution in [-0.2, 0) is 0 Å². The number of nitrogens with zero attached hydrogens (tertiary/aromatic N) is 3. The number of rotatable bonds is 12. The second-order valence-electron chi connectivity index (χ2n) is 18.9. The monoisotopic (exact) mass is 930 g/mol. The average molecular weight is 930 g/mol. The van der Waals surface area contributed by atoms with Crippen molar-refractivity contribution in [2.45, 2.75) is 80.7 Å². The summed E-state index contributed by atoms with van der Waals surface area (Å²) in [7, 11) is 0. The van der Waals surface area contributed by atoms with Gasteiger partial charge in [-0.05, 0) is 188 Å². The molecule has 0 saturated heterocycles. The van der Waals surface area contributed by atoms with E-state index in [2.05, 4.69) is 283 Å². The molecule has 7 aromatic carbocycles. The molecule has 1 unspecified atom stereocenters. The predicted molar refractivity (Wildman–Crippen MR) is 310 cm³/mol. The van der Waals surface area contributed by atoms with E-state index in [0.29, 0.717) is 0 Å². The van der Waals surface area contributed by atoms with Crippen LogP contribution < -0.4 is 14.7 Å². The summed E-state index contributed by atoms with van der Waals surface area (Å²) in [6.07, 6.45) is 23.0. The topological polar surface area (TPSA) is 9.72 Å². The van der Waals surface area contributed by atoms with Crippen LogP contribution in [0.2, 0.25) is 0 Å². The third kappa shape index (κ3) is 14.3. The summed E-state index contributed by atoms with van der Waals surface area (Å²) in [6, 6.07) is 63.4. The minimum atomic E-state index is 0.280. The van der Waals surface area contributed by atoms with Gasteiger partial charge in [0.2, 0.25) is 0 Å². The summed E-state index contributed by atoms with van der Waals surface area (Å²) in [5.41, 5.74) is 20.8. The first-order valence-corrected chi connectivity index (χ1v) is 25.0. The normalized spacial score (nSPS) is 13.8. The zero-order chi connectivity index (χ0) is 50.1. The number of anilines is 6. The molecule has 0 radical (unpaired) electrons. The van der Waals surface area contributed by atoms with Gasteiger partial charge in [-0.2, -0.15) is 0 Å². The summed E-state index contributed by atoms with van der Waals surface area (Å²) in [4.78, 5) is 7.12. The third-order valence-corrected chi connectivity index (χ3v) is 12.4. The zero-order valence-corrected chi connectivity index (χ0v) is 43.2. The van der Waals surface area contributed by atoms with Gasteiger partial charge in [0.1, 0.15) is 0 Å².